The second-order valence-electron chi connectivity index (χ2n) is 3.46. The highest BCUT2D eigenvalue weighted by Crippen LogP contribution is 2.30. The van der Waals surface area contributed by atoms with Gasteiger partial charge in [-0.25, -0.2) is 9.97 Å². The summed E-state index contributed by atoms with van der Waals surface area (Å²) in [5, 5.41) is 0.578. The number of hydrogen-bond acceptors (Lipinski definition) is 4. The maximum atomic E-state index is 11.9. The molecule has 0 N–H and O–H groups in total. The summed E-state index contributed by atoms with van der Waals surface area (Å²) in [6.07, 6.45) is 1.20. The Labute approximate surface area is 122 Å². The lowest BCUT2D eigenvalue weighted by Crippen LogP contribution is -1.89. The van der Waals surface area contributed by atoms with E-state index in [-0.39, 0.29) is 0 Å². The zero-order valence-electron chi connectivity index (χ0n) is 9.65. The van der Waals surface area contributed by atoms with Crippen LogP contribution in [0.5, 0.6) is 0 Å². The van der Waals surface area contributed by atoms with Gasteiger partial charge in [0.05, 0.1) is 14.9 Å². The van der Waals surface area contributed by atoms with Gasteiger partial charge in [-0.3, -0.25) is 0 Å². The van der Waals surface area contributed by atoms with Crippen LogP contribution in [-0.4, -0.2) is 15.7 Å². The van der Waals surface area contributed by atoms with Crippen molar-refractivity contribution >= 4 is 34.7 Å². The van der Waals surface area contributed by atoms with Crippen molar-refractivity contribution in [1.82, 2.24) is 9.97 Å². The van der Waals surface area contributed by atoms with E-state index in [1.54, 1.807) is 12.3 Å². The molecule has 0 spiro atoms. The molecule has 0 aliphatic rings. The van der Waals surface area contributed by atoms with E-state index in [1.807, 2.05) is 12.1 Å². The van der Waals surface area contributed by atoms with Gasteiger partial charge in [-0.1, -0.05) is 23.4 Å². The lowest BCUT2D eigenvalue weighted by atomic mass is 10.3. The average Bonchev–Trinajstić information content (AvgIpc) is 2.82. The maximum Gasteiger partial charge on any atom is 0.266 e. The normalized spacial score (nSPS) is 10.5. The Morgan fingerprint density at radius 2 is 2.21 bits per heavy atom. The number of halogens is 3. The Kier molecular flexibility index (Phi) is 5.30. The number of thiophene rings is 1. The fraction of sp³-hybridized carbons (Fsp3) is 0.167. The van der Waals surface area contributed by atoms with Crippen molar-refractivity contribution in [2.45, 2.75) is 11.6 Å². The van der Waals surface area contributed by atoms with Crippen molar-refractivity contribution in [2.24, 2.45) is 0 Å². The summed E-state index contributed by atoms with van der Waals surface area (Å²) < 4.78 is 24.4. The third-order valence-electron chi connectivity index (χ3n) is 2.11. The molecule has 100 valence electrons. The molecule has 2 aromatic heterocycles. The van der Waals surface area contributed by atoms with Crippen LogP contribution in [0.15, 0.2) is 41.7 Å². The van der Waals surface area contributed by atoms with Crippen LogP contribution in [-0.2, 0) is 0 Å². The van der Waals surface area contributed by atoms with Crippen LogP contribution in [0.3, 0.4) is 0 Å². The van der Waals surface area contributed by atoms with Crippen molar-refractivity contribution in [3.63, 3.8) is 0 Å². The van der Waals surface area contributed by atoms with E-state index in [4.69, 9.17) is 11.6 Å². The summed E-state index contributed by atoms with van der Waals surface area (Å²) in [7, 11) is 0. The molecule has 0 amide bonds. The summed E-state index contributed by atoms with van der Waals surface area (Å²) in [5.41, 5.74) is 0.793. The molecule has 0 bridgehead atoms. The molecular formula is C12H9ClF2N2S2. The first-order valence-electron chi connectivity index (χ1n) is 5.38. The number of rotatable bonds is 5. The Hall–Kier alpha value is -0.980. The van der Waals surface area contributed by atoms with Crippen LogP contribution in [0.2, 0.25) is 4.34 Å². The molecule has 19 heavy (non-hydrogen) atoms. The maximum absolute atomic E-state index is 11.9. The Morgan fingerprint density at radius 1 is 1.37 bits per heavy atom. The van der Waals surface area contributed by atoms with Crippen molar-refractivity contribution in [3.05, 3.63) is 40.9 Å². The molecule has 2 rings (SSSR count). The van der Waals surface area contributed by atoms with E-state index in [9.17, 15) is 8.78 Å². The van der Waals surface area contributed by atoms with Gasteiger partial charge in [0.2, 0.25) is 0 Å². The monoisotopic (exact) mass is 318 g/mol. The fourth-order valence-corrected chi connectivity index (χ4v) is 3.05. The number of allylic oxidation sites excluding steroid dienone is 1. The topological polar surface area (TPSA) is 25.8 Å². The van der Waals surface area contributed by atoms with Crippen LogP contribution in [0, 0.1) is 0 Å². The van der Waals surface area contributed by atoms with E-state index in [2.05, 4.69) is 9.97 Å². The van der Waals surface area contributed by atoms with Gasteiger partial charge < -0.3 is 0 Å². The summed E-state index contributed by atoms with van der Waals surface area (Å²) in [6.45, 7) is 0. The van der Waals surface area contributed by atoms with Crippen LogP contribution in [0.1, 0.15) is 6.42 Å². The molecule has 0 fully saturated rings. The van der Waals surface area contributed by atoms with E-state index in [1.165, 1.54) is 23.1 Å². The molecule has 2 aromatic rings. The predicted octanol–water partition coefficient (Wildman–Crippen LogP) is 5.12. The van der Waals surface area contributed by atoms with Gasteiger partial charge in [0, 0.05) is 11.9 Å². The van der Waals surface area contributed by atoms with Crippen LogP contribution in [0.25, 0.3) is 10.6 Å². The lowest BCUT2D eigenvalue weighted by molar-refractivity contribution is 0.418. The molecule has 7 heteroatoms. The Balaban J connectivity index is 2.01. The minimum atomic E-state index is -1.65. The zero-order chi connectivity index (χ0) is 13.7. The SMILES string of the molecule is FC(F)=CCCSc1nccc(-c2ccc(Cl)s2)n1. The summed E-state index contributed by atoms with van der Waals surface area (Å²) in [6, 6.07) is 5.50. The average molecular weight is 319 g/mol. The van der Waals surface area contributed by atoms with Gasteiger partial charge in [-0.2, -0.15) is 8.78 Å². The van der Waals surface area contributed by atoms with Gasteiger partial charge in [0.25, 0.3) is 6.08 Å². The van der Waals surface area contributed by atoms with Crippen LogP contribution < -0.4 is 0 Å². The molecular weight excluding hydrogens is 310 g/mol. The molecule has 0 radical (unpaired) electrons. The summed E-state index contributed by atoms with van der Waals surface area (Å²) >= 11 is 8.66. The third-order valence-corrected chi connectivity index (χ3v) is 4.26. The van der Waals surface area contributed by atoms with Crippen LogP contribution in [0.4, 0.5) is 8.78 Å². The first kappa shape index (κ1) is 14.4. The number of nitrogens with zero attached hydrogens (tertiary/aromatic N) is 2. The Morgan fingerprint density at radius 3 is 2.89 bits per heavy atom. The minimum Gasteiger partial charge on any atom is -0.231 e. The quantitative estimate of drug-likeness (QED) is 0.434. The molecule has 0 aliphatic heterocycles. The van der Waals surface area contributed by atoms with Crippen molar-refractivity contribution in [2.75, 3.05) is 5.75 Å². The van der Waals surface area contributed by atoms with Gasteiger partial charge >= 0.3 is 0 Å². The molecule has 0 aromatic carbocycles. The highest BCUT2D eigenvalue weighted by atomic mass is 35.5. The van der Waals surface area contributed by atoms with Gasteiger partial charge in [-0.15, -0.1) is 11.3 Å². The standard InChI is InChI=1S/C12H9ClF2N2S2/c13-10-4-3-9(19-10)8-5-6-16-12(17-8)18-7-1-2-11(14)15/h2-6H,1,7H2. The second kappa shape index (κ2) is 6.98. The highest BCUT2D eigenvalue weighted by Gasteiger charge is 2.05. The van der Waals surface area contributed by atoms with Crippen molar-refractivity contribution < 1.29 is 8.78 Å². The van der Waals surface area contributed by atoms with Gasteiger partial charge in [0.15, 0.2) is 5.16 Å². The number of aromatic nitrogens is 2. The molecule has 0 saturated heterocycles. The highest BCUT2D eigenvalue weighted by molar-refractivity contribution is 7.99. The van der Waals surface area contributed by atoms with Crippen LogP contribution >= 0.6 is 34.7 Å². The van der Waals surface area contributed by atoms with E-state index in [0.29, 0.717) is 21.7 Å². The first-order chi connectivity index (χ1) is 9.15. The molecule has 0 saturated carbocycles. The molecule has 2 heterocycles. The first-order valence-corrected chi connectivity index (χ1v) is 7.56. The minimum absolute atomic E-state index is 0.297. The van der Waals surface area contributed by atoms with Gasteiger partial charge in [0.1, 0.15) is 0 Å². The zero-order valence-corrected chi connectivity index (χ0v) is 12.0. The largest absolute Gasteiger partial charge is 0.266 e. The Bertz CT molecular complexity index is 583. The lowest BCUT2D eigenvalue weighted by Gasteiger charge is -2.00. The molecule has 0 unspecified atom stereocenters. The summed E-state index contributed by atoms with van der Waals surface area (Å²) in [5.74, 6) is 0.520. The van der Waals surface area contributed by atoms with Crippen molar-refractivity contribution in [1.29, 1.82) is 0 Å². The molecule has 2 nitrogen and oxygen atoms in total. The summed E-state index contributed by atoms with van der Waals surface area (Å²) in [4.78, 5) is 9.43. The van der Waals surface area contributed by atoms with Gasteiger partial charge in [-0.05, 0) is 30.7 Å². The van der Waals surface area contributed by atoms with E-state index >= 15 is 0 Å². The smallest absolute Gasteiger partial charge is 0.231 e. The number of thioether (sulfide) groups is 1. The predicted molar refractivity (Wildman–Crippen MR) is 76.0 cm³/mol. The molecule has 0 aliphatic carbocycles. The van der Waals surface area contributed by atoms with Crippen molar-refractivity contribution in [3.8, 4) is 10.6 Å². The number of hydrogen-bond donors (Lipinski definition) is 0. The fourth-order valence-electron chi connectivity index (χ4n) is 1.32. The van der Waals surface area contributed by atoms with E-state index < -0.39 is 6.08 Å². The molecule has 0 atom stereocenters. The second-order valence-corrected chi connectivity index (χ2v) is 6.24. The third kappa shape index (κ3) is 4.56. The van der Waals surface area contributed by atoms with E-state index in [0.717, 1.165) is 16.6 Å².